The Labute approximate surface area is 56.5 Å². The van der Waals surface area contributed by atoms with Crippen molar-refractivity contribution in [3.63, 3.8) is 0 Å². The molecule has 9 heavy (non-hydrogen) atoms. The Balaban J connectivity index is 3.12. The number of allylic oxidation sites excluding steroid dienone is 2. The zero-order chi connectivity index (χ0) is 6.95. The minimum absolute atomic E-state index is 0.842. The van der Waals surface area contributed by atoms with Crippen LogP contribution in [0.3, 0.4) is 0 Å². The van der Waals surface area contributed by atoms with Gasteiger partial charge in [-0.1, -0.05) is 18.1 Å². The molecule has 0 bridgehead atoms. The lowest BCUT2D eigenvalue weighted by Crippen LogP contribution is -2.02. The van der Waals surface area contributed by atoms with Crippen LogP contribution in [-0.2, 0) is 0 Å². The lowest BCUT2D eigenvalue weighted by Gasteiger charge is -1.88. The van der Waals surface area contributed by atoms with E-state index >= 15 is 0 Å². The van der Waals surface area contributed by atoms with Gasteiger partial charge in [0.25, 0.3) is 0 Å². The van der Waals surface area contributed by atoms with Crippen LogP contribution in [0.25, 0.3) is 0 Å². The molecule has 0 aliphatic rings. The van der Waals surface area contributed by atoms with Crippen molar-refractivity contribution in [1.82, 2.24) is 5.32 Å². The fourth-order valence-electron chi connectivity index (χ4n) is 0.361. The largest absolute Gasteiger partial charge is 0.387 e. The molecule has 0 aromatic carbocycles. The molecule has 0 aliphatic carbocycles. The lowest BCUT2D eigenvalue weighted by molar-refractivity contribution is 0.985. The zero-order valence-corrected chi connectivity index (χ0v) is 5.59. The summed E-state index contributed by atoms with van der Waals surface area (Å²) in [5.41, 5.74) is 0. The summed E-state index contributed by atoms with van der Waals surface area (Å²) >= 11 is 0. The van der Waals surface area contributed by atoms with Gasteiger partial charge in [-0.15, -0.1) is 6.42 Å². The van der Waals surface area contributed by atoms with E-state index in [0.717, 1.165) is 6.54 Å². The van der Waals surface area contributed by atoms with Gasteiger partial charge in [-0.05, 0) is 6.92 Å². The highest BCUT2D eigenvalue weighted by atomic mass is 14.8. The summed E-state index contributed by atoms with van der Waals surface area (Å²) in [7, 11) is 0. The summed E-state index contributed by atoms with van der Waals surface area (Å²) in [5, 5.41) is 2.98. The van der Waals surface area contributed by atoms with Crippen LogP contribution in [-0.4, -0.2) is 6.54 Å². The highest BCUT2D eigenvalue weighted by Crippen LogP contribution is 1.67. The molecule has 0 spiro atoms. The van der Waals surface area contributed by atoms with Gasteiger partial charge in [0.1, 0.15) is 0 Å². The molecule has 0 aromatic heterocycles. The summed E-state index contributed by atoms with van der Waals surface area (Å²) in [4.78, 5) is 0. The molecule has 0 rings (SSSR count). The molecule has 0 heterocycles. The van der Waals surface area contributed by atoms with E-state index in [0.29, 0.717) is 0 Å². The van der Waals surface area contributed by atoms with Crippen LogP contribution in [0, 0.1) is 12.3 Å². The fraction of sp³-hybridized carbons (Fsp3) is 0.250. The van der Waals surface area contributed by atoms with Crippen LogP contribution < -0.4 is 5.32 Å². The average molecular weight is 121 g/mol. The van der Waals surface area contributed by atoms with E-state index in [2.05, 4.69) is 11.2 Å². The van der Waals surface area contributed by atoms with Crippen molar-refractivity contribution in [3.8, 4) is 12.3 Å². The summed E-state index contributed by atoms with van der Waals surface area (Å²) in [5.74, 6) is 2.38. The van der Waals surface area contributed by atoms with Crippen molar-refractivity contribution < 1.29 is 0 Å². The molecule has 0 aliphatic heterocycles. The first-order valence-corrected chi connectivity index (χ1v) is 2.87. The first-order chi connectivity index (χ1) is 4.41. The summed E-state index contributed by atoms with van der Waals surface area (Å²) in [6.07, 6.45) is 12.3. The van der Waals surface area contributed by atoms with E-state index in [1.54, 1.807) is 12.3 Å². The molecule has 0 radical (unpaired) electrons. The van der Waals surface area contributed by atoms with Gasteiger partial charge < -0.3 is 5.32 Å². The number of rotatable bonds is 3. The Kier molecular flexibility index (Phi) is 5.96. The molecule has 0 aromatic rings. The molecule has 1 heteroatoms. The van der Waals surface area contributed by atoms with Crippen LogP contribution >= 0.6 is 0 Å². The summed E-state index contributed by atoms with van der Waals surface area (Å²) in [6.45, 7) is 2.82. The number of hydrogen-bond donors (Lipinski definition) is 1. The van der Waals surface area contributed by atoms with Gasteiger partial charge in [-0.2, -0.15) is 0 Å². The first-order valence-electron chi connectivity index (χ1n) is 2.87. The molecule has 0 saturated carbocycles. The third kappa shape index (κ3) is 6.84. The Morgan fingerprint density at radius 1 is 1.67 bits per heavy atom. The van der Waals surface area contributed by atoms with Gasteiger partial charge >= 0.3 is 0 Å². The second-order valence-corrected chi connectivity index (χ2v) is 1.48. The van der Waals surface area contributed by atoms with E-state index in [4.69, 9.17) is 6.42 Å². The van der Waals surface area contributed by atoms with Crippen molar-refractivity contribution in [2.75, 3.05) is 6.54 Å². The third-order valence-electron chi connectivity index (χ3n) is 0.769. The highest BCUT2D eigenvalue weighted by molar-refractivity contribution is 5.08. The second kappa shape index (κ2) is 6.84. The minimum atomic E-state index is 0.842. The SMILES string of the molecule is C#C/C=C/NC/C=C/C. The number of nitrogens with one attached hydrogen (secondary N) is 1. The average Bonchev–Trinajstić information content (AvgIpc) is 1.89. The predicted molar refractivity (Wildman–Crippen MR) is 40.8 cm³/mol. The molecular formula is C8H11N. The molecule has 48 valence electrons. The van der Waals surface area contributed by atoms with Crippen LogP contribution in [0.1, 0.15) is 6.92 Å². The standard InChI is InChI=1S/C8H11N/c1-3-5-7-9-8-6-4-2/h1,4-7,9H,8H2,2H3/b6-4+,7-5+. The van der Waals surface area contributed by atoms with Gasteiger partial charge in [-0.3, -0.25) is 0 Å². The molecule has 0 amide bonds. The van der Waals surface area contributed by atoms with Gasteiger partial charge in [0, 0.05) is 18.8 Å². The molecule has 0 saturated heterocycles. The Morgan fingerprint density at radius 3 is 3.00 bits per heavy atom. The summed E-state index contributed by atoms with van der Waals surface area (Å²) in [6, 6.07) is 0. The van der Waals surface area contributed by atoms with Crippen molar-refractivity contribution >= 4 is 0 Å². The van der Waals surface area contributed by atoms with Crippen molar-refractivity contribution in [2.24, 2.45) is 0 Å². The molecule has 1 nitrogen and oxygen atoms in total. The highest BCUT2D eigenvalue weighted by Gasteiger charge is 1.66. The van der Waals surface area contributed by atoms with Crippen LogP contribution in [0.4, 0.5) is 0 Å². The second-order valence-electron chi connectivity index (χ2n) is 1.48. The monoisotopic (exact) mass is 121 g/mol. The van der Waals surface area contributed by atoms with Crippen molar-refractivity contribution in [3.05, 3.63) is 24.4 Å². The topological polar surface area (TPSA) is 12.0 Å². The van der Waals surface area contributed by atoms with Crippen LogP contribution in [0.2, 0.25) is 0 Å². The van der Waals surface area contributed by atoms with Crippen molar-refractivity contribution in [2.45, 2.75) is 6.92 Å². The summed E-state index contributed by atoms with van der Waals surface area (Å²) < 4.78 is 0. The smallest absolute Gasteiger partial charge is 0.0325 e. The Morgan fingerprint density at radius 2 is 2.44 bits per heavy atom. The number of hydrogen-bond acceptors (Lipinski definition) is 1. The predicted octanol–water partition coefficient (Wildman–Crippen LogP) is 1.30. The number of terminal acetylenes is 1. The van der Waals surface area contributed by atoms with Gasteiger partial charge in [0.05, 0.1) is 0 Å². The molecule has 0 fully saturated rings. The van der Waals surface area contributed by atoms with Gasteiger partial charge in [-0.25, -0.2) is 0 Å². The molecule has 0 atom stereocenters. The van der Waals surface area contributed by atoms with Crippen LogP contribution in [0.5, 0.6) is 0 Å². The van der Waals surface area contributed by atoms with Crippen molar-refractivity contribution in [1.29, 1.82) is 0 Å². The maximum absolute atomic E-state index is 4.95. The molecule has 0 unspecified atom stereocenters. The fourth-order valence-corrected chi connectivity index (χ4v) is 0.361. The lowest BCUT2D eigenvalue weighted by atomic mass is 10.5. The first kappa shape index (κ1) is 7.84. The van der Waals surface area contributed by atoms with E-state index in [1.807, 2.05) is 19.1 Å². The van der Waals surface area contributed by atoms with E-state index in [9.17, 15) is 0 Å². The Hall–Kier alpha value is -1.16. The third-order valence-corrected chi connectivity index (χ3v) is 0.769. The maximum atomic E-state index is 4.95. The Bertz CT molecular complexity index is 137. The normalized spacial score (nSPS) is 10.2. The van der Waals surface area contributed by atoms with Gasteiger partial charge in [0.15, 0.2) is 0 Å². The quantitative estimate of drug-likeness (QED) is 0.337. The van der Waals surface area contributed by atoms with E-state index < -0.39 is 0 Å². The van der Waals surface area contributed by atoms with E-state index in [-0.39, 0.29) is 0 Å². The van der Waals surface area contributed by atoms with Gasteiger partial charge in [0.2, 0.25) is 0 Å². The van der Waals surface area contributed by atoms with Crippen LogP contribution in [0.15, 0.2) is 24.4 Å². The molecular weight excluding hydrogens is 110 g/mol. The zero-order valence-electron chi connectivity index (χ0n) is 5.59. The minimum Gasteiger partial charge on any atom is -0.387 e. The van der Waals surface area contributed by atoms with E-state index in [1.165, 1.54) is 0 Å². The maximum Gasteiger partial charge on any atom is 0.0325 e. The molecule has 1 N–H and O–H groups in total.